The van der Waals surface area contributed by atoms with Crippen LogP contribution in [-0.4, -0.2) is 47.9 Å². The summed E-state index contributed by atoms with van der Waals surface area (Å²) in [6.45, 7) is 1.49. The normalized spacial score (nSPS) is 14.1. The largest absolute Gasteiger partial charge is 0.395 e. The molecule has 116 valence electrons. The van der Waals surface area contributed by atoms with Crippen LogP contribution in [0.25, 0.3) is 0 Å². The summed E-state index contributed by atoms with van der Waals surface area (Å²) in [5.74, 6) is -1.21. The van der Waals surface area contributed by atoms with Gasteiger partial charge in [0.05, 0.1) is 13.2 Å². The molecule has 7 nitrogen and oxygen atoms in total. The highest BCUT2D eigenvalue weighted by Crippen LogP contribution is 2.21. The van der Waals surface area contributed by atoms with Crippen LogP contribution in [0, 0.1) is 6.92 Å². The first-order valence-corrected chi connectivity index (χ1v) is 6.76. The van der Waals surface area contributed by atoms with Gasteiger partial charge < -0.3 is 15.7 Å². The SMILES string of the molecule is CNC(=O)c1ccc(C)c(NC2=CC(=O)N(CCO)C2=O)c1. The Morgan fingerprint density at radius 2 is 2.05 bits per heavy atom. The number of nitrogens with zero attached hydrogens (tertiary/aromatic N) is 1. The van der Waals surface area contributed by atoms with Gasteiger partial charge in [-0.05, 0) is 24.6 Å². The van der Waals surface area contributed by atoms with Crippen LogP contribution in [0.3, 0.4) is 0 Å². The highest BCUT2D eigenvalue weighted by Gasteiger charge is 2.30. The molecule has 0 saturated carbocycles. The fourth-order valence-corrected chi connectivity index (χ4v) is 2.10. The molecule has 7 heteroatoms. The lowest BCUT2D eigenvalue weighted by Crippen LogP contribution is -2.34. The molecule has 0 atom stereocenters. The third-order valence-corrected chi connectivity index (χ3v) is 3.33. The molecule has 3 N–H and O–H groups in total. The molecule has 0 aromatic heterocycles. The lowest BCUT2D eigenvalue weighted by atomic mass is 10.1. The van der Waals surface area contributed by atoms with Crippen molar-refractivity contribution in [3.05, 3.63) is 41.1 Å². The quantitative estimate of drug-likeness (QED) is 0.666. The maximum absolute atomic E-state index is 12.1. The number of aliphatic hydroxyl groups is 1. The molecule has 0 unspecified atom stereocenters. The van der Waals surface area contributed by atoms with Gasteiger partial charge in [0, 0.05) is 24.4 Å². The van der Waals surface area contributed by atoms with E-state index in [2.05, 4.69) is 10.6 Å². The molecular weight excluding hydrogens is 286 g/mol. The first kappa shape index (κ1) is 15.7. The molecule has 22 heavy (non-hydrogen) atoms. The summed E-state index contributed by atoms with van der Waals surface area (Å²) < 4.78 is 0. The van der Waals surface area contributed by atoms with Crippen molar-refractivity contribution in [2.24, 2.45) is 0 Å². The Morgan fingerprint density at radius 3 is 2.68 bits per heavy atom. The van der Waals surface area contributed by atoms with Gasteiger partial charge in [-0.25, -0.2) is 0 Å². The molecular formula is C15H17N3O4. The van der Waals surface area contributed by atoms with E-state index in [-0.39, 0.29) is 24.8 Å². The molecule has 1 aliphatic heterocycles. The van der Waals surface area contributed by atoms with E-state index < -0.39 is 11.8 Å². The maximum atomic E-state index is 12.1. The first-order valence-electron chi connectivity index (χ1n) is 6.76. The Kier molecular flexibility index (Phi) is 4.57. The van der Waals surface area contributed by atoms with Gasteiger partial charge in [-0.15, -0.1) is 0 Å². The predicted molar refractivity (Wildman–Crippen MR) is 80.1 cm³/mol. The van der Waals surface area contributed by atoms with E-state index in [4.69, 9.17) is 5.11 Å². The number of amides is 3. The van der Waals surface area contributed by atoms with E-state index in [1.54, 1.807) is 18.2 Å². The van der Waals surface area contributed by atoms with Crippen LogP contribution in [0.5, 0.6) is 0 Å². The number of rotatable bonds is 5. The van der Waals surface area contributed by atoms with Crippen molar-refractivity contribution in [1.82, 2.24) is 10.2 Å². The van der Waals surface area contributed by atoms with Gasteiger partial charge in [-0.2, -0.15) is 0 Å². The molecule has 1 aliphatic rings. The third kappa shape index (κ3) is 2.99. The van der Waals surface area contributed by atoms with Crippen molar-refractivity contribution in [3.8, 4) is 0 Å². The van der Waals surface area contributed by atoms with Crippen molar-refractivity contribution < 1.29 is 19.5 Å². The number of β-amino-alcohol motifs (C(OH)–C–C–N with tert-alkyl or cyclic N) is 1. The van der Waals surface area contributed by atoms with E-state index in [1.165, 1.54) is 13.1 Å². The van der Waals surface area contributed by atoms with E-state index in [9.17, 15) is 14.4 Å². The van der Waals surface area contributed by atoms with E-state index >= 15 is 0 Å². The van der Waals surface area contributed by atoms with Crippen LogP contribution < -0.4 is 10.6 Å². The van der Waals surface area contributed by atoms with Gasteiger partial charge in [0.25, 0.3) is 17.7 Å². The summed E-state index contributed by atoms with van der Waals surface area (Å²) in [5, 5.41) is 14.3. The molecule has 0 radical (unpaired) electrons. The van der Waals surface area contributed by atoms with Crippen LogP contribution in [0.2, 0.25) is 0 Å². The topological polar surface area (TPSA) is 98.7 Å². The minimum atomic E-state index is -0.496. The Labute approximate surface area is 127 Å². The monoisotopic (exact) mass is 303 g/mol. The lowest BCUT2D eigenvalue weighted by Gasteiger charge is -2.14. The molecule has 0 spiro atoms. The van der Waals surface area contributed by atoms with Gasteiger partial charge in [0.15, 0.2) is 0 Å². The number of hydrogen-bond donors (Lipinski definition) is 3. The zero-order chi connectivity index (χ0) is 16.3. The van der Waals surface area contributed by atoms with Gasteiger partial charge >= 0.3 is 0 Å². The van der Waals surface area contributed by atoms with Gasteiger partial charge in [-0.3, -0.25) is 19.3 Å². The standard InChI is InChI=1S/C15H17N3O4/c1-9-3-4-10(14(21)16-2)7-11(9)17-12-8-13(20)18(5-6-19)15(12)22/h3-4,7-8,17,19H,5-6H2,1-2H3,(H,16,21). The number of imide groups is 1. The highest BCUT2D eigenvalue weighted by atomic mass is 16.3. The highest BCUT2D eigenvalue weighted by molar-refractivity contribution is 6.17. The second-order valence-corrected chi connectivity index (χ2v) is 4.81. The van der Waals surface area contributed by atoms with E-state index in [1.807, 2.05) is 6.92 Å². The second-order valence-electron chi connectivity index (χ2n) is 4.81. The number of hydrogen-bond acceptors (Lipinski definition) is 5. The number of nitrogens with one attached hydrogen (secondary N) is 2. The van der Waals surface area contributed by atoms with Crippen molar-refractivity contribution in [2.75, 3.05) is 25.5 Å². The van der Waals surface area contributed by atoms with Gasteiger partial charge in [0.2, 0.25) is 0 Å². The second kappa shape index (κ2) is 6.40. The number of aryl methyl sites for hydroxylation is 1. The average Bonchev–Trinajstić information content (AvgIpc) is 2.76. The van der Waals surface area contributed by atoms with Crippen molar-refractivity contribution in [3.63, 3.8) is 0 Å². The van der Waals surface area contributed by atoms with Crippen LogP contribution >= 0.6 is 0 Å². The average molecular weight is 303 g/mol. The third-order valence-electron chi connectivity index (χ3n) is 3.33. The molecule has 3 amide bonds. The molecule has 1 aromatic carbocycles. The molecule has 2 rings (SSSR count). The van der Waals surface area contributed by atoms with E-state index in [0.717, 1.165) is 10.5 Å². The zero-order valence-electron chi connectivity index (χ0n) is 12.3. The zero-order valence-corrected chi connectivity index (χ0v) is 12.3. The van der Waals surface area contributed by atoms with Crippen LogP contribution in [-0.2, 0) is 9.59 Å². The number of aliphatic hydroxyl groups excluding tert-OH is 1. The Morgan fingerprint density at radius 1 is 1.32 bits per heavy atom. The van der Waals surface area contributed by atoms with Gasteiger partial charge in [0.1, 0.15) is 5.70 Å². The van der Waals surface area contributed by atoms with Crippen molar-refractivity contribution >= 4 is 23.4 Å². The molecule has 0 aliphatic carbocycles. The van der Waals surface area contributed by atoms with Crippen LogP contribution in [0.15, 0.2) is 30.0 Å². The van der Waals surface area contributed by atoms with Crippen molar-refractivity contribution in [2.45, 2.75) is 6.92 Å². The fourth-order valence-electron chi connectivity index (χ4n) is 2.10. The Balaban J connectivity index is 2.24. The number of benzene rings is 1. The summed E-state index contributed by atoms with van der Waals surface area (Å²) >= 11 is 0. The minimum Gasteiger partial charge on any atom is -0.395 e. The molecule has 0 saturated heterocycles. The summed E-state index contributed by atoms with van der Waals surface area (Å²) in [4.78, 5) is 36.4. The molecule has 1 aromatic rings. The van der Waals surface area contributed by atoms with Crippen LogP contribution in [0.4, 0.5) is 5.69 Å². The number of carbonyl (C=O) groups is 3. The Bertz CT molecular complexity index is 667. The van der Waals surface area contributed by atoms with Crippen LogP contribution in [0.1, 0.15) is 15.9 Å². The fraction of sp³-hybridized carbons (Fsp3) is 0.267. The number of anilines is 1. The summed E-state index contributed by atoms with van der Waals surface area (Å²) in [5.41, 5.74) is 1.96. The van der Waals surface area contributed by atoms with E-state index in [0.29, 0.717) is 11.3 Å². The van der Waals surface area contributed by atoms with Gasteiger partial charge in [-0.1, -0.05) is 6.07 Å². The Hall–Kier alpha value is -2.67. The lowest BCUT2D eigenvalue weighted by molar-refractivity contribution is -0.137. The molecule has 0 fully saturated rings. The smallest absolute Gasteiger partial charge is 0.277 e. The maximum Gasteiger partial charge on any atom is 0.277 e. The number of carbonyl (C=O) groups excluding carboxylic acids is 3. The molecule has 0 bridgehead atoms. The summed E-state index contributed by atoms with van der Waals surface area (Å²) in [6.07, 6.45) is 1.18. The summed E-state index contributed by atoms with van der Waals surface area (Å²) in [6, 6.07) is 5.04. The van der Waals surface area contributed by atoms with Crippen molar-refractivity contribution in [1.29, 1.82) is 0 Å². The minimum absolute atomic E-state index is 0.0450. The first-order chi connectivity index (χ1) is 10.5. The summed E-state index contributed by atoms with van der Waals surface area (Å²) in [7, 11) is 1.53. The predicted octanol–water partition coefficient (Wildman–Crippen LogP) is 0.0115. The molecule has 1 heterocycles.